The maximum absolute atomic E-state index is 14.4. The number of carbonyl (C=O) groups excluding carboxylic acids is 2. The zero-order chi connectivity index (χ0) is 28.5. The maximum atomic E-state index is 14.4. The molecule has 40 heavy (non-hydrogen) atoms. The average molecular weight is 542 g/mol. The highest BCUT2D eigenvalue weighted by molar-refractivity contribution is 6.04. The van der Waals surface area contributed by atoms with Gasteiger partial charge in [-0.05, 0) is 92.4 Å². The van der Waals surface area contributed by atoms with Crippen molar-refractivity contribution in [3.8, 4) is 6.07 Å². The van der Waals surface area contributed by atoms with E-state index in [1.54, 1.807) is 0 Å². The summed E-state index contributed by atoms with van der Waals surface area (Å²) in [6, 6.07) is 2.20. The highest BCUT2D eigenvalue weighted by Crippen LogP contribution is 2.70. The Labute approximate surface area is 238 Å². The van der Waals surface area contributed by atoms with Crippen LogP contribution in [0.5, 0.6) is 0 Å². The van der Waals surface area contributed by atoms with Gasteiger partial charge >= 0.3 is 0 Å². The summed E-state index contributed by atoms with van der Waals surface area (Å²) < 4.78 is 6.27. The maximum Gasteiger partial charge on any atom is 0.222 e. The summed E-state index contributed by atoms with van der Waals surface area (Å²) in [4.78, 5) is 27.6. The Bertz CT molecular complexity index is 1420. The van der Waals surface area contributed by atoms with Crippen molar-refractivity contribution in [1.29, 1.82) is 5.26 Å². The zero-order valence-corrected chi connectivity index (χ0v) is 25.0. The highest BCUT2D eigenvalue weighted by atomic mass is 16.4. The number of aromatic nitrogens is 2. The van der Waals surface area contributed by atoms with Crippen molar-refractivity contribution in [2.24, 2.45) is 45.3 Å². The number of nitrogens with zero attached hydrogens (tertiary/aromatic N) is 3. The smallest absolute Gasteiger partial charge is 0.222 e. The van der Waals surface area contributed by atoms with Gasteiger partial charge in [-0.2, -0.15) is 5.26 Å². The van der Waals surface area contributed by atoms with E-state index in [0.717, 1.165) is 69.6 Å². The monoisotopic (exact) mass is 541 g/mol. The molecule has 6 aliphatic rings. The topological polar surface area (TPSA) is 96.8 Å². The van der Waals surface area contributed by atoms with Crippen molar-refractivity contribution in [2.45, 2.75) is 111 Å². The second-order valence-corrected chi connectivity index (χ2v) is 15.9. The normalized spacial score (nSPS) is 45.7. The molecule has 0 spiro atoms. The summed E-state index contributed by atoms with van der Waals surface area (Å²) in [5, 5.41) is 18.9. The van der Waals surface area contributed by atoms with Gasteiger partial charge in [0.15, 0.2) is 11.6 Å². The quantitative estimate of drug-likeness (QED) is 0.399. The SMILES string of the molecule is CC12CCC3C(C(=O)C=C4C5(C)C=C(C#N)C(=O)C(C)(C)C5CCC43C)C1C[C@@](C)(c1nnc(C3CC3)o1)CC2. The van der Waals surface area contributed by atoms with Crippen molar-refractivity contribution < 1.29 is 14.0 Å². The summed E-state index contributed by atoms with van der Waals surface area (Å²) in [7, 11) is 0. The molecule has 0 bridgehead atoms. The van der Waals surface area contributed by atoms with E-state index in [9.17, 15) is 14.9 Å². The molecule has 8 atom stereocenters. The van der Waals surface area contributed by atoms with E-state index in [4.69, 9.17) is 4.42 Å². The molecule has 4 fully saturated rings. The van der Waals surface area contributed by atoms with E-state index in [1.165, 1.54) is 5.57 Å². The number of ketones is 2. The second-order valence-electron chi connectivity index (χ2n) is 15.9. The molecule has 7 rings (SSSR count). The molecule has 6 nitrogen and oxygen atoms in total. The van der Waals surface area contributed by atoms with Crippen LogP contribution in [0.15, 0.2) is 27.7 Å². The van der Waals surface area contributed by atoms with Crippen LogP contribution in [0.3, 0.4) is 0 Å². The fourth-order valence-electron chi connectivity index (χ4n) is 10.5. The Kier molecular flexibility index (Phi) is 5.30. The summed E-state index contributed by atoms with van der Waals surface area (Å²) in [6.45, 7) is 13.3. The van der Waals surface area contributed by atoms with Crippen molar-refractivity contribution in [3.05, 3.63) is 35.1 Å². The molecular formula is C34H43N3O3. The fourth-order valence-corrected chi connectivity index (χ4v) is 10.5. The molecular weight excluding hydrogens is 498 g/mol. The lowest BCUT2D eigenvalue weighted by Gasteiger charge is -2.64. The Balaban J connectivity index is 1.29. The van der Waals surface area contributed by atoms with E-state index >= 15 is 0 Å². The number of allylic oxidation sites excluding steroid dienone is 4. The van der Waals surface area contributed by atoms with Gasteiger partial charge in [-0.1, -0.05) is 53.2 Å². The molecule has 7 unspecified atom stereocenters. The third-order valence-corrected chi connectivity index (χ3v) is 13.2. The van der Waals surface area contributed by atoms with E-state index in [-0.39, 0.29) is 57.1 Å². The number of fused-ring (bicyclic) bond motifs is 7. The van der Waals surface area contributed by atoms with Crippen LogP contribution in [0, 0.1) is 56.7 Å². The number of carbonyl (C=O) groups is 2. The summed E-state index contributed by atoms with van der Waals surface area (Å²) in [5.41, 5.74) is 0.120. The van der Waals surface area contributed by atoms with Crippen LogP contribution in [0.2, 0.25) is 0 Å². The first-order valence-corrected chi connectivity index (χ1v) is 15.5. The van der Waals surface area contributed by atoms with Crippen LogP contribution < -0.4 is 0 Å². The number of hydrogen-bond acceptors (Lipinski definition) is 6. The molecule has 1 heterocycles. The summed E-state index contributed by atoms with van der Waals surface area (Å²) >= 11 is 0. The molecule has 0 aliphatic heterocycles. The second kappa shape index (κ2) is 8.05. The molecule has 0 N–H and O–H groups in total. The van der Waals surface area contributed by atoms with Crippen molar-refractivity contribution >= 4 is 11.6 Å². The van der Waals surface area contributed by atoms with Crippen LogP contribution in [0.1, 0.15) is 117 Å². The number of rotatable bonds is 2. The van der Waals surface area contributed by atoms with Gasteiger partial charge < -0.3 is 4.42 Å². The predicted molar refractivity (Wildman–Crippen MR) is 150 cm³/mol. The fraction of sp³-hybridized carbons (Fsp3) is 0.735. The lowest BCUT2D eigenvalue weighted by molar-refractivity contribution is -0.145. The third kappa shape index (κ3) is 3.33. The van der Waals surface area contributed by atoms with Gasteiger partial charge in [0.05, 0.1) is 5.57 Å². The van der Waals surface area contributed by atoms with Gasteiger partial charge in [0.25, 0.3) is 0 Å². The van der Waals surface area contributed by atoms with Gasteiger partial charge in [0.1, 0.15) is 6.07 Å². The van der Waals surface area contributed by atoms with Crippen molar-refractivity contribution in [1.82, 2.24) is 10.2 Å². The molecule has 4 saturated carbocycles. The van der Waals surface area contributed by atoms with Crippen molar-refractivity contribution in [3.63, 3.8) is 0 Å². The Morgan fingerprint density at radius 2 is 1.68 bits per heavy atom. The Morgan fingerprint density at radius 3 is 2.38 bits per heavy atom. The van der Waals surface area contributed by atoms with Gasteiger partial charge in [-0.25, -0.2) is 0 Å². The number of hydrogen-bond donors (Lipinski definition) is 0. The lowest BCUT2D eigenvalue weighted by Crippen LogP contribution is -2.60. The van der Waals surface area contributed by atoms with E-state index < -0.39 is 10.8 Å². The Hall–Kier alpha value is -2.55. The minimum absolute atomic E-state index is 0.0178. The molecule has 1 aromatic rings. The first-order valence-electron chi connectivity index (χ1n) is 15.5. The van der Waals surface area contributed by atoms with E-state index in [2.05, 4.69) is 44.0 Å². The first kappa shape index (κ1) is 26.4. The minimum atomic E-state index is -0.629. The average Bonchev–Trinajstić information content (AvgIpc) is 3.63. The lowest BCUT2D eigenvalue weighted by atomic mass is 9.38. The third-order valence-electron chi connectivity index (χ3n) is 13.2. The van der Waals surface area contributed by atoms with Gasteiger partial charge in [-0.15, -0.1) is 10.2 Å². The largest absolute Gasteiger partial charge is 0.424 e. The molecule has 6 aliphatic carbocycles. The number of Topliss-reactive ketones (excluding diaryl/α,β-unsaturated/α-hetero) is 1. The molecule has 0 radical (unpaired) electrons. The molecule has 1 aromatic heterocycles. The predicted octanol–water partition coefficient (Wildman–Crippen LogP) is 7.03. The Morgan fingerprint density at radius 1 is 0.925 bits per heavy atom. The van der Waals surface area contributed by atoms with Crippen LogP contribution in [-0.2, 0) is 15.0 Å². The minimum Gasteiger partial charge on any atom is -0.424 e. The standard InChI is InChI=1S/C34H43N3O3/c1-30(2)24-10-12-33(5)21-9-11-31(3)13-14-32(4,29-37-36-28(40-29)19-7-8-19)17-22(31)26(21)23(38)15-25(33)34(24,6)16-20(18-35)27(30)39/h15-16,19,21-22,24,26H,7-14,17H2,1-6H3/t21?,22?,24?,26?,31?,32-,33?,34?/m0/s1. The molecule has 0 saturated heterocycles. The molecule has 212 valence electrons. The van der Waals surface area contributed by atoms with Crippen LogP contribution >= 0.6 is 0 Å². The van der Waals surface area contributed by atoms with Crippen LogP contribution in [0.4, 0.5) is 0 Å². The number of nitriles is 1. The highest BCUT2D eigenvalue weighted by Gasteiger charge is 2.65. The van der Waals surface area contributed by atoms with Crippen LogP contribution in [0.25, 0.3) is 0 Å². The van der Waals surface area contributed by atoms with Crippen molar-refractivity contribution in [2.75, 3.05) is 0 Å². The zero-order valence-electron chi connectivity index (χ0n) is 25.0. The van der Waals surface area contributed by atoms with E-state index in [0.29, 0.717) is 5.92 Å². The van der Waals surface area contributed by atoms with Crippen LogP contribution in [-0.4, -0.2) is 21.8 Å². The summed E-state index contributed by atoms with van der Waals surface area (Å²) in [6.07, 6.45) is 13.3. The first-order chi connectivity index (χ1) is 18.8. The molecule has 0 aromatic carbocycles. The van der Waals surface area contributed by atoms with Gasteiger partial charge in [0.2, 0.25) is 11.8 Å². The van der Waals surface area contributed by atoms with Gasteiger partial charge in [0, 0.05) is 28.1 Å². The molecule has 6 heteroatoms. The van der Waals surface area contributed by atoms with Gasteiger partial charge in [-0.3, -0.25) is 9.59 Å². The summed E-state index contributed by atoms with van der Waals surface area (Å²) in [5.74, 6) is 2.80. The molecule has 0 amide bonds. The van der Waals surface area contributed by atoms with E-state index in [1.807, 2.05) is 26.0 Å².